The molecule has 1 heterocycles. The number of ether oxygens (including phenoxy) is 1. The van der Waals surface area contributed by atoms with E-state index in [4.69, 9.17) is 10.5 Å². The second kappa shape index (κ2) is 6.21. The smallest absolute Gasteiger partial charge is 0.165 e. The second-order valence-corrected chi connectivity index (χ2v) is 5.37. The normalized spacial score (nSPS) is 12.4. The third kappa shape index (κ3) is 3.58. The maximum absolute atomic E-state index is 5.85. The van der Waals surface area contributed by atoms with Gasteiger partial charge in [0, 0.05) is 12.6 Å². The highest BCUT2D eigenvalue weighted by Gasteiger charge is 2.07. The van der Waals surface area contributed by atoms with Gasteiger partial charge in [-0.05, 0) is 47.0 Å². The summed E-state index contributed by atoms with van der Waals surface area (Å²) in [5, 5.41) is 4.23. The van der Waals surface area contributed by atoms with Crippen LogP contribution in [0.15, 0.2) is 35.1 Å². The average Bonchev–Trinajstić information content (AvgIpc) is 2.79. The van der Waals surface area contributed by atoms with Gasteiger partial charge in [-0.25, -0.2) is 0 Å². The summed E-state index contributed by atoms with van der Waals surface area (Å²) in [6.07, 6.45) is 4.67. The first-order valence-electron chi connectivity index (χ1n) is 6.35. The lowest BCUT2D eigenvalue weighted by molar-refractivity contribution is 0.477. The predicted molar refractivity (Wildman–Crippen MR) is 79.3 cm³/mol. The zero-order valence-electron chi connectivity index (χ0n) is 11.1. The Bertz CT molecular complexity index is 551. The molecule has 19 heavy (non-hydrogen) atoms. The molecule has 0 aliphatic rings. The molecular formula is C14H18BrN3O. The Morgan fingerprint density at radius 3 is 2.89 bits per heavy atom. The average molecular weight is 324 g/mol. The minimum atomic E-state index is 0.0117. The largest absolute Gasteiger partial charge is 0.453 e. The molecule has 0 fully saturated rings. The second-order valence-electron chi connectivity index (χ2n) is 4.52. The SMILES string of the molecule is CCCn1cc(Oc2ccc(C(C)N)cc2Br)cn1. The van der Waals surface area contributed by atoms with Gasteiger partial charge in [0.15, 0.2) is 5.75 Å². The maximum atomic E-state index is 5.85. The summed E-state index contributed by atoms with van der Waals surface area (Å²) in [4.78, 5) is 0. The van der Waals surface area contributed by atoms with Crippen LogP contribution in [0.1, 0.15) is 31.9 Å². The van der Waals surface area contributed by atoms with E-state index in [0.29, 0.717) is 0 Å². The fraction of sp³-hybridized carbons (Fsp3) is 0.357. The lowest BCUT2D eigenvalue weighted by Gasteiger charge is -2.10. The first-order chi connectivity index (χ1) is 9.10. The highest BCUT2D eigenvalue weighted by Crippen LogP contribution is 2.31. The number of nitrogens with two attached hydrogens (primary N) is 1. The Kier molecular flexibility index (Phi) is 4.61. The molecule has 1 aromatic heterocycles. The summed E-state index contributed by atoms with van der Waals surface area (Å²) in [6.45, 7) is 4.97. The van der Waals surface area contributed by atoms with Crippen molar-refractivity contribution >= 4 is 15.9 Å². The van der Waals surface area contributed by atoms with E-state index < -0.39 is 0 Å². The van der Waals surface area contributed by atoms with E-state index in [9.17, 15) is 0 Å². The van der Waals surface area contributed by atoms with Crippen molar-refractivity contribution in [1.29, 1.82) is 0 Å². The lowest BCUT2D eigenvalue weighted by atomic mass is 10.1. The molecule has 1 unspecified atom stereocenters. The van der Waals surface area contributed by atoms with Crippen molar-refractivity contribution in [1.82, 2.24) is 9.78 Å². The summed E-state index contributed by atoms with van der Waals surface area (Å²) in [7, 11) is 0. The summed E-state index contributed by atoms with van der Waals surface area (Å²) in [5.41, 5.74) is 6.92. The fourth-order valence-corrected chi connectivity index (χ4v) is 2.24. The quantitative estimate of drug-likeness (QED) is 0.908. The van der Waals surface area contributed by atoms with E-state index >= 15 is 0 Å². The summed E-state index contributed by atoms with van der Waals surface area (Å²) in [5.74, 6) is 1.50. The first kappa shape index (κ1) is 14.1. The van der Waals surface area contributed by atoms with Crippen LogP contribution in [0, 0.1) is 0 Å². The van der Waals surface area contributed by atoms with Crippen molar-refractivity contribution in [3.8, 4) is 11.5 Å². The molecule has 1 atom stereocenters. The Balaban J connectivity index is 2.13. The number of aryl methyl sites for hydroxylation is 1. The van der Waals surface area contributed by atoms with Crippen LogP contribution >= 0.6 is 15.9 Å². The third-order valence-electron chi connectivity index (χ3n) is 2.77. The van der Waals surface area contributed by atoms with Gasteiger partial charge in [0.2, 0.25) is 0 Å². The van der Waals surface area contributed by atoms with Crippen molar-refractivity contribution in [2.24, 2.45) is 5.73 Å². The zero-order chi connectivity index (χ0) is 13.8. The van der Waals surface area contributed by atoms with E-state index in [2.05, 4.69) is 28.0 Å². The van der Waals surface area contributed by atoms with Gasteiger partial charge in [-0.15, -0.1) is 0 Å². The highest BCUT2D eigenvalue weighted by molar-refractivity contribution is 9.10. The van der Waals surface area contributed by atoms with Crippen LogP contribution in [0.2, 0.25) is 0 Å². The number of nitrogens with zero attached hydrogens (tertiary/aromatic N) is 2. The number of halogens is 1. The molecule has 1 aromatic carbocycles. The molecule has 0 aliphatic carbocycles. The zero-order valence-corrected chi connectivity index (χ0v) is 12.7. The van der Waals surface area contributed by atoms with Gasteiger partial charge in [0.25, 0.3) is 0 Å². The van der Waals surface area contributed by atoms with Crippen molar-refractivity contribution in [2.45, 2.75) is 32.9 Å². The molecule has 0 saturated carbocycles. The third-order valence-corrected chi connectivity index (χ3v) is 3.39. The molecule has 0 spiro atoms. The van der Waals surface area contributed by atoms with E-state index in [1.54, 1.807) is 6.20 Å². The van der Waals surface area contributed by atoms with E-state index in [1.165, 1.54) is 0 Å². The first-order valence-corrected chi connectivity index (χ1v) is 7.14. The minimum Gasteiger partial charge on any atom is -0.453 e. The van der Waals surface area contributed by atoms with Crippen molar-refractivity contribution < 1.29 is 4.74 Å². The number of benzene rings is 1. The molecule has 2 aromatic rings. The Labute approximate surface area is 121 Å². The Morgan fingerprint density at radius 1 is 1.47 bits per heavy atom. The van der Waals surface area contributed by atoms with Crippen LogP contribution in [0.4, 0.5) is 0 Å². The van der Waals surface area contributed by atoms with Gasteiger partial charge in [-0.1, -0.05) is 13.0 Å². The van der Waals surface area contributed by atoms with Crippen LogP contribution in [-0.2, 0) is 6.54 Å². The van der Waals surface area contributed by atoms with Crippen LogP contribution in [0.3, 0.4) is 0 Å². The summed E-state index contributed by atoms with van der Waals surface area (Å²) >= 11 is 3.50. The van der Waals surface area contributed by atoms with Crippen molar-refractivity contribution in [3.05, 3.63) is 40.6 Å². The van der Waals surface area contributed by atoms with Gasteiger partial charge in [0.05, 0.1) is 16.9 Å². The van der Waals surface area contributed by atoms with Crippen molar-refractivity contribution in [3.63, 3.8) is 0 Å². The Hall–Kier alpha value is -1.33. The Morgan fingerprint density at radius 2 is 2.26 bits per heavy atom. The van der Waals surface area contributed by atoms with Gasteiger partial charge < -0.3 is 10.5 Å². The lowest BCUT2D eigenvalue weighted by Crippen LogP contribution is -2.04. The number of hydrogen-bond donors (Lipinski definition) is 1. The van der Waals surface area contributed by atoms with E-state index in [0.717, 1.165) is 34.5 Å². The van der Waals surface area contributed by atoms with Gasteiger partial charge in [-0.2, -0.15) is 5.10 Å². The predicted octanol–water partition coefficient (Wildman–Crippen LogP) is 3.87. The summed E-state index contributed by atoms with van der Waals surface area (Å²) in [6, 6.07) is 5.88. The molecule has 4 nitrogen and oxygen atoms in total. The molecule has 0 bridgehead atoms. The summed E-state index contributed by atoms with van der Waals surface area (Å²) < 4.78 is 8.57. The van der Waals surface area contributed by atoms with Gasteiger partial charge in [0.1, 0.15) is 5.75 Å². The van der Waals surface area contributed by atoms with E-state index in [1.807, 2.05) is 36.0 Å². The monoisotopic (exact) mass is 323 g/mol. The number of aromatic nitrogens is 2. The molecule has 2 N–H and O–H groups in total. The topological polar surface area (TPSA) is 53.1 Å². The van der Waals surface area contributed by atoms with Crippen LogP contribution in [-0.4, -0.2) is 9.78 Å². The van der Waals surface area contributed by atoms with Gasteiger partial charge >= 0.3 is 0 Å². The molecule has 2 rings (SSSR count). The molecule has 0 amide bonds. The maximum Gasteiger partial charge on any atom is 0.165 e. The van der Waals surface area contributed by atoms with Crippen LogP contribution in [0.25, 0.3) is 0 Å². The molecule has 5 heteroatoms. The molecular weight excluding hydrogens is 306 g/mol. The molecule has 0 saturated heterocycles. The molecule has 0 aliphatic heterocycles. The molecule has 102 valence electrons. The van der Waals surface area contributed by atoms with Gasteiger partial charge in [-0.3, -0.25) is 4.68 Å². The standard InChI is InChI=1S/C14H18BrN3O/c1-3-6-18-9-12(8-17-18)19-14-5-4-11(10(2)16)7-13(14)15/h4-5,7-10H,3,6,16H2,1-2H3. The van der Waals surface area contributed by atoms with Crippen LogP contribution in [0.5, 0.6) is 11.5 Å². The molecule has 0 radical (unpaired) electrons. The highest BCUT2D eigenvalue weighted by atomic mass is 79.9. The van der Waals surface area contributed by atoms with Crippen LogP contribution < -0.4 is 10.5 Å². The minimum absolute atomic E-state index is 0.0117. The number of rotatable bonds is 5. The fourth-order valence-electron chi connectivity index (χ4n) is 1.76. The number of hydrogen-bond acceptors (Lipinski definition) is 3. The van der Waals surface area contributed by atoms with E-state index in [-0.39, 0.29) is 6.04 Å². The van der Waals surface area contributed by atoms with Crippen molar-refractivity contribution in [2.75, 3.05) is 0 Å².